The van der Waals surface area contributed by atoms with E-state index >= 15 is 0 Å². The van der Waals surface area contributed by atoms with Crippen LogP contribution in [-0.2, 0) is 65.4 Å². The molecular formula is C75H146O17P2. The van der Waals surface area contributed by atoms with E-state index in [9.17, 15) is 43.2 Å². The van der Waals surface area contributed by atoms with Gasteiger partial charge >= 0.3 is 39.5 Å². The first-order valence-corrected chi connectivity index (χ1v) is 42.1. The second-order valence-electron chi connectivity index (χ2n) is 27.5. The van der Waals surface area contributed by atoms with Crippen molar-refractivity contribution in [2.75, 3.05) is 39.6 Å². The zero-order chi connectivity index (χ0) is 69.3. The van der Waals surface area contributed by atoms with Crippen molar-refractivity contribution < 1.29 is 80.2 Å². The lowest BCUT2D eigenvalue weighted by atomic mass is 9.99. The Kier molecular flexibility index (Phi) is 65.5. The molecule has 0 aliphatic carbocycles. The molecule has 558 valence electrons. The largest absolute Gasteiger partial charge is 0.472 e. The Balaban J connectivity index is 5.16. The summed E-state index contributed by atoms with van der Waals surface area (Å²) in [5, 5.41) is 10.6. The van der Waals surface area contributed by atoms with Crippen molar-refractivity contribution in [3.05, 3.63) is 0 Å². The smallest absolute Gasteiger partial charge is 0.462 e. The number of esters is 4. The molecule has 0 heterocycles. The number of carbonyl (C=O) groups is 4. The van der Waals surface area contributed by atoms with E-state index in [0.29, 0.717) is 25.7 Å². The maximum Gasteiger partial charge on any atom is 0.472 e. The maximum absolute atomic E-state index is 13.1. The van der Waals surface area contributed by atoms with Gasteiger partial charge in [0.15, 0.2) is 12.2 Å². The van der Waals surface area contributed by atoms with E-state index in [1.807, 2.05) is 0 Å². The predicted molar refractivity (Wildman–Crippen MR) is 381 cm³/mol. The molecule has 0 radical (unpaired) electrons. The van der Waals surface area contributed by atoms with E-state index in [4.69, 9.17) is 37.0 Å². The average molecular weight is 1380 g/mol. The molecule has 0 saturated heterocycles. The zero-order valence-corrected chi connectivity index (χ0v) is 63.1. The van der Waals surface area contributed by atoms with Crippen LogP contribution in [0.4, 0.5) is 0 Å². The lowest BCUT2D eigenvalue weighted by Crippen LogP contribution is -2.30. The molecule has 7 atom stereocenters. The van der Waals surface area contributed by atoms with E-state index in [1.165, 1.54) is 199 Å². The van der Waals surface area contributed by atoms with Crippen molar-refractivity contribution in [3.8, 4) is 0 Å². The van der Waals surface area contributed by atoms with E-state index in [2.05, 4.69) is 41.5 Å². The zero-order valence-electron chi connectivity index (χ0n) is 61.3. The molecular weight excluding hydrogens is 1230 g/mol. The molecule has 19 heteroatoms. The molecule has 0 fully saturated rings. The van der Waals surface area contributed by atoms with Gasteiger partial charge < -0.3 is 33.8 Å². The first-order valence-electron chi connectivity index (χ1n) is 39.1. The van der Waals surface area contributed by atoms with Crippen LogP contribution in [0.3, 0.4) is 0 Å². The molecule has 0 saturated carbocycles. The van der Waals surface area contributed by atoms with E-state index in [1.54, 1.807) is 0 Å². The molecule has 3 N–H and O–H groups in total. The van der Waals surface area contributed by atoms with Crippen molar-refractivity contribution in [1.82, 2.24) is 0 Å². The fourth-order valence-electron chi connectivity index (χ4n) is 11.4. The minimum absolute atomic E-state index is 0.105. The second kappa shape index (κ2) is 66.9. The molecule has 0 amide bonds. The van der Waals surface area contributed by atoms with Gasteiger partial charge in [-0.1, -0.05) is 337 Å². The van der Waals surface area contributed by atoms with Crippen molar-refractivity contribution in [1.29, 1.82) is 0 Å². The second-order valence-corrected chi connectivity index (χ2v) is 30.4. The number of rotatable bonds is 74. The topological polar surface area (TPSA) is 237 Å². The van der Waals surface area contributed by atoms with Crippen LogP contribution in [0.15, 0.2) is 0 Å². The van der Waals surface area contributed by atoms with Gasteiger partial charge in [0.25, 0.3) is 0 Å². The summed E-state index contributed by atoms with van der Waals surface area (Å²) in [6.45, 7) is 9.55. The predicted octanol–water partition coefficient (Wildman–Crippen LogP) is 21.9. The van der Waals surface area contributed by atoms with Crippen LogP contribution in [0.1, 0.15) is 388 Å². The summed E-state index contributed by atoms with van der Waals surface area (Å²) in [6, 6.07) is 0. The van der Waals surface area contributed by atoms with E-state index in [0.717, 1.165) is 108 Å². The van der Waals surface area contributed by atoms with Crippen LogP contribution in [0, 0.1) is 11.8 Å². The van der Waals surface area contributed by atoms with Gasteiger partial charge in [0.2, 0.25) is 0 Å². The van der Waals surface area contributed by atoms with Crippen molar-refractivity contribution in [3.63, 3.8) is 0 Å². The van der Waals surface area contributed by atoms with Gasteiger partial charge in [-0.3, -0.25) is 37.3 Å². The standard InChI is InChI=1S/C75H146O17P2/c1-7-11-13-15-17-19-20-21-22-23-24-25-26-27-28-29-30-31-32-41-47-53-59-74(79)91-71(64-86-73(78)58-52-46-40-35-33-37-43-49-55-67(5)9-3)66-90-94(83,84)88-62-69(76)61-87-93(81,82)89-65-70(63-85-72(77)57-51-45-39-18-16-14-12-8-2)92-75(80)60-54-48-42-36-34-38-44-50-56-68(6)10-4/h67-71,76H,7-66H2,1-6H3,(H,81,82)(H,83,84)/t67?,68?,69-,70+,71+/m0/s1. The number of aliphatic hydroxyl groups excluding tert-OH is 1. The normalized spacial score (nSPS) is 14.6. The molecule has 0 spiro atoms. The SMILES string of the molecule is CCCCCCCCCCCCCCCCCCCCCCCCC(=O)O[C@H](COC(=O)CCCCCCCCCCC(C)CC)COP(=O)(O)OC[C@@H](O)COP(=O)(O)OC[C@@H](COC(=O)CCCCCCCCCC)OC(=O)CCCCCCCCCCC(C)CC. The van der Waals surface area contributed by atoms with E-state index in [-0.39, 0.29) is 25.7 Å². The van der Waals surface area contributed by atoms with Crippen LogP contribution >= 0.6 is 15.6 Å². The number of aliphatic hydroxyl groups is 1. The number of hydrogen-bond donors (Lipinski definition) is 3. The van der Waals surface area contributed by atoms with Crippen LogP contribution in [0.2, 0.25) is 0 Å². The Morgan fingerprint density at radius 2 is 0.511 bits per heavy atom. The fourth-order valence-corrected chi connectivity index (χ4v) is 13.0. The number of ether oxygens (including phenoxy) is 4. The van der Waals surface area contributed by atoms with Crippen LogP contribution in [0.5, 0.6) is 0 Å². The highest BCUT2D eigenvalue weighted by atomic mass is 31.2. The minimum Gasteiger partial charge on any atom is -0.462 e. The molecule has 17 nitrogen and oxygen atoms in total. The van der Waals surface area contributed by atoms with Gasteiger partial charge in [0.1, 0.15) is 19.3 Å². The van der Waals surface area contributed by atoms with Gasteiger partial charge in [-0.05, 0) is 37.5 Å². The molecule has 0 aliphatic rings. The van der Waals surface area contributed by atoms with Gasteiger partial charge in [-0.2, -0.15) is 0 Å². The number of unbranched alkanes of at least 4 members (excludes halogenated alkanes) is 42. The summed E-state index contributed by atoms with van der Waals surface area (Å²) < 4.78 is 68.4. The molecule has 0 aromatic rings. The van der Waals surface area contributed by atoms with Crippen LogP contribution in [0.25, 0.3) is 0 Å². The third-order valence-electron chi connectivity index (χ3n) is 18.2. The Morgan fingerprint density at radius 3 is 0.755 bits per heavy atom. The first-order chi connectivity index (χ1) is 45.4. The van der Waals surface area contributed by atoms with Crippen molar-refractivity contribution in [2.45, 2.75) is 407 Å². The number of phosphoric acid groups is 2. The quantitative estimate of drug-likeness (QED) is 0.0222. The van der Waals surface area contributed by atoms with Crippen LogP contribution in [-0.4, -0.2) is 96.7 Å². The summed E-state index contributed by atoms with van der Waals surface area (Å²) in [7, 11) is -9.90. The molecule has 0 aromatic carbocycles. The highest BCUT2D eigenvalue weighted by molar-refractivity contribution is 7.47. The van der Waals surface area contributed by atoms with Gasteiger partial charge in [0, 0.05) is 25.7 Å². The monoisotopic (exact) mass is 1380 g/mol. The number of phosphoric ester groups is 2. The molecule has 0 aromatic heterocycles. The molecule has 4 unspecified atom stereocenters. The first kappa shape index (κ1) is 92.1. The summed E-state index contributed by atoms with van der Waals surface area (Å²) in [5.41, 5.74) is 0. The van der Waals surface area contributed by atoms with Crippen molar-refractivity contribution in [2.24, 2.45) is 11.8 Å². The average Bonchev–Trinajstić information content (AvgIpc) is 1.81. The van der Waals surface area contributed by atoms with Gasteiger partial charge in [-0.25, -0.2) is 9.13 Å². The Labute approximate surface area is 575 Å². The Bertz CT molecular complexity index is 1820. The van der Waals surface area contributed by atoms with Crippen molar-refractivity contribution >= 4 is 39.5 Å². The highest BCUT2D eigenvalue weighted by Gasteiger charge is 2.30. The Morgan fingerprint density at radius 1 is 0.298 bits per heavy atom. The van der Waals surface area contributed by atoms with E-state index < -0.39 is 97.5 Å². The third-order valence-corrected chi connectivity index (χ3v) is 20.1. The molecule has 0 aliphatic heterocycles. The number of carbonyl (C=O) groups excluding carboxylic acids is 4. The summed E-state index contributed by atoms with van der Waals surface area (Å²) in [5.74, 6) is -0.576. The Hall–Kier alpha value is -1.94. The fraction of sp³-hybridized carbons (Fsp3) is 0.947. The maximum atomic E-state index is 13.1. The lowest BCUT2D eigenvalue weighted by Gasteiger charge is -2.21. The minimum atomic E-state index is -4.96. The van der Waals surface area contributed by atoms with Gasteiger partial charge in [-0.15, -0.1) is 0 Å². The van der Waals surface area contributed by atoms with Crippen LogP contribution < -0.4 is 0 Å². The summed E-state index contributed by atoms with van der Waals surface area (Å²) in [4.78, 5) is 72.6. The summed E-state index contributed by atoms with van der Waals surface area (Å²) >= 11 is 0. The number of hydrogen-bond acceptors (Lipinski definition) is 15. The molecule has 0 bridgehead atoms. The lowest BCUT2D eigenvalue weighted by molar-refractivity contribution is -0.161. The third kappa shape index (κ3) is 66.0. The van der Waals surface area contributed by atoms with Gasteiger partial charge in [0.05, 0.1) is 26.4 Å². The summed E-state index contributed by atoms with van der Waals surface area (Å²) in [6.07, 6.45) is 54.3. The highest BCUT2D eigenvalue weighted by Crippen LogP contribution is 2.45. The molecule has 0 rings (SSSR count). The molecule has 94 heavy (non-hydrogen) atoms.